The van der Waals surface area contributed by atoms with Gasteiger partial charge < -0.3 is 0 Å². The van der Waals surface area contributed by atoms with Crippen LogP contribution in [-0.2, 0) is 0 Å². The van der Waals surface area contributed by atoms with E-state index in [2.05, 4.69) is 0 Å². The third-order valence-corrected chi connectivity index (χ3v) is 1.51. The van der Waals surface area contributed by atoms with Crippen LogP contribution in [0, 0.1) is 0 Å². The first-order valence-corrected chi connectivity index (χ1v) is 3.61. The SMILES string of the molecule is N/C1=C(N)/C(N)=C\C=C/[B]B=B1. The van der Waals surface area contributed by atoms with Crippen molar-refractivity contribution in [1.82, 2.24) is 0 Å². The van der Waals surface area contributed by atoms with Crippen molar-refractivity contribution >= 4 is 20.7 Å². The van der Waals surface area contributed by atoms with Gasteiger partial charge in [-0.05, 0) is 0 Å². The standard InChI is InChI=1S/C6H9B3N3/c10-4-2-1-3-7-9-8-6(12)5(4)11/h1-3H,10-12H2/b3-1-,4-2+,6-5-. The van der Waals surface area contributed by atoms with Gasteiger partial charge in [-0.15, -0.1) is 0 Å². The molecule has 12 heavy (non-hydrogen) atoms. The zero-order valence-electron chi connectivity index (χ0n) is 6.70. The zero-order chi connectivity index (χ0) is 8.97. The summed E-state index contributed by atoms with van der Waals surface area (Å²) in [6.45, 7) is 3.52. The van der Waals surface area contributed by atoms with E-state index >= 15 is 0 Å². The normalized spacial score (nSPS) is 29.2. The summed E-state index contributed by atoms with van der Waals surface area (Å²) in [5, 5.41) is 0. The molecule has 0 fully saturated rings. The molecule has 57 valence electrons. The fourth-order valence-corrected chi connectivity index (χ4v) is 0.793. The maximum atomic E-state index is 5.62. The van der Waals surface area contributed by atoms with Crippen molar-refractivity contribution in [3.8, 4) is 0 Å². The van der Waals surface area contributed by atoms with Crippen LogP contribution in [-0.4, -0.2) is 20.7 Å². The maximum absolute atomic E-state index is 5.62. The molecule has 1 heterocycles. The van der Waals surface area contributed by atoms with E-state index in [9.17, 15) is 0 Å². The van der Waals surface area contributed by atoms with Gasteiger partial charge in [-0.3, -0.25) is 0 Å². The summed E-state index contributed by atoms with van der Waals surface area (Å²) in [6.07, 6.45) is 3.52. The topological polar surface area (TPSA) is 78.1 Å². The Morgan fingerprint density at radius 3 is 2.67 bits per heavy atom. The molecular weight excluding hydrogens is 147 g/mol. The fourth-order valence-electron chi connectivity index (χ4n) is 0.793. The molecule has 1 aliphatic rings. The third-order valence-electron chi connectivity index (χ3n) is 1.51. The Morgan fingerprint density at radius 2 is 1.92 bits per heavy atom. The molecule has 6 N–H and O–H groups in total. The minimum absolute atomic E-state index is 0.422. The number of hydrogen-bond donors (Lipinski definition) is 3. The van der Waals surface area contributed by atoms with Gasteiger partial charge in [0.1, 0.15) is 0 Å². The Morgan fingerprint density at radius 1 is 1.17 bits per heavy atom. The summed E-state index contributed by atoms with van der Waals surface area (Å²) in [4.78, 5) is 0. The summed E-state index contributed by atoms with van der Waals surface area (Å²) in [7, 11) is 1.86. The van der Waals surface area contributed by atoms with Gasteiger partial charge in [0.15, 0.2) is 0 Å². The first kappa shape index (κ1) is 8.91. The van der Waals surface area contributed by atoms with E-state index in [-0.39, 0.29) is 0 Å². The summed E-state index contributed by atoms with van der Waals surface area (Å²) in [6, 6.07) is 0. The molecule has 1 radical (unpaired) electrons. The van der Waals surface area contributed by atoms with Crippen molar-refractivity contribution in [1.29, 1.82) is 0 Å². The molecule has 1 rings (SSSR count). The minimum atomic E-state index is 0.422. The van der Waals surface area contributed by atoms with Crippen molar-refractivity contribution in [2.45, 2.75) is 0 Å². The number of nitrogens with two attached hydrogens (primary N) is 3. The number of allylic oxidation sites excluding steroid dienone is 2. The second kappa shape index (κ2) is 4.00. The average Bonchev–Trinajstić information content (AvgIpc) is 2.12. The molecule has 0 aromatic rings. The van der Waals surface area contributed by atoms with Gasteiger partial charge in [0.05, 0.1) is 0 Å². The molecular formula is C6H9B3N3. The van der Waals surface area contributed by atoms with Crippen LogP contribution in [0.25, 0.3) is 0 Å². The summed E-state index contributed by atoms with van der Waals surface area (Å²) in [5.41, 5.74) is 18.2. The van der Waals surface area contributed by atoms with E-state index in [1.165, 1.54) is 0 Å². The molecule has 0 spiro atoms. The monoisotopic (exact) mass is 156 g/mol. The third kappa shape index (κ3) is 2.15. The van der Waals surface area contributed by atoms with Crippen LogP contribution in [0.1, 0.15) is 0 Å². The first-order valence-electron chi connectivity index (χ1n) is 3.61. The second-order valence-corrected chi connectivity index (χ2v) is 2.43. The number of hydrogen-bond acceptors (Lipinski definition) is 3. The molecule has 0 amide bonds. The molecule has 1 aliphatic heterocycles. The van der Waals surface area contributed by atoms with Gasteiger partial charge in [-0.2, -0.15) is 0 Å². The van der Waals surface area contributed by atoms with E-state index < -0.39 is 0 Å². The molecule has 6 heteroatoms. The van der Waals surface area contributed by atoms with E-state index in [4.69, 9.17) is 17.2 Å². The predicted molar refractivity (Wildman–Crippen MR) is 54.1 cm³/mol. The molecule has 0 unspecified atom stereocenters. The van der Waals surface area contributed by atoms with Crippen LogP contribution in [0.4, 0.5) is 0 Å². The van der Waals surface area contributed by atoms with Gasteiger partial charge in [0.2, 0.25) is 0 Å². The van der Waals surface area contributed by atoms with E-state index in [0.717, 1.165) is 0 Å². The molecule has 0 aromatic carbocycles. The van der Waals surface area contributed by atoms with Crippen LogP contribution in [0.15, 0.2) is 35.1 Å². The van der Waals surface area contributed by atoms with Crippen LogP contribution in [0.5, 0.6) is 0 Å². The van der Waals surface area contributed by atoms with Crippen LogP contribution in [0.3, 0.4) is 0 Å². The molecule has 0 bridgehead atoms. The summed E-state index contributed by atoms with van der Waals surface area (Å²) >= 11 is 0. The van der Waals surface area contributed by atoms with Gasteiger partial charge in [-0.1, -0.05) is 0 Å². The van der Waals surface area contributed by atoms with Crippen molar-refractivity contribution in [3.05, 3.63) is 35.1 Å². The molecule has 0 aromatic heterocycles. The molecule has 3 nitrogen and oxygen atoms in total. The quantitative estimate of drug-likeness (QED) is 0.368. The predicted octanol–water partition coefficient (Wildman–Crippen LogP) is -1.61. The first-order chi connectivity index (χ1) is 5.72. The van der Waals surface area contributed by atoms with Crippen molar-refractivity contribution in [3.63, 3.8) is 0 Å². The summed E-state index contributed by atoms with van der Waals surface area (Å²) in [5.74, 6) is 1.86. The van der Waals surface area contributed by atoms with Gasteiger partial charge in [0.25, 0.3) is 0 Å². The Bertz CT molecular complexity index is 290. The van der Waals surface area contributed by atoms with Gasteiger partial charge in [0, 0.05) is 0 Å². The molecule has 0 aliphatic carbocycles. The van der Waals surface area contributed by atoms with E-state index in [1.807, 2.05) is 25.9 Å². The van der Waals surface area contributed by atoms with Crippen molar-refractivity contribution in [2.24, 2.45) is 17.2 Å². The van der Waals surface area contributed by atoms with Crippen molar-refractivity contribution < 1.29 is 0 Å². The Labute approximate surface area is 73.7 Å². The van der Waals surface area contributed by atoms with Gasteiger partial charge in [-0.25, -0.2) is 0 Å². The molecule has 0 saturated carbocycles. The van der Waals surface area contributed by atoms with Crippen molar-refractivity contribution in [2.75, 3.05) is 0 Å². The van der Waals surface area contributed by atoms with Crippen LogP contribution < -0.4 is 17.2 Å². The van der Waals surface area contributed by atoms with Crippen LogP contribution >= 0.6 is 0 Å². The summed E-state index contributed by atoms with van der Waals surface area (Å²) < 4.78 is 0. The molecule has 0 saturated heterocycles. The zero-order valence-corrected chi connectivity index (χ0v) is 6.70. The Hall–Kier alpha value is -1.19. The Kier molecular flexibility index (Phi) is 2.97. The second-order valence-electron chi connectivity index (χ2n) is 2.43. The van der Waals surface area contributed by atoms with E-state index in [1.54, 1.807) is 12.9 Å². The fraction of sp³-hybridized carbons (Fsp3) is 0. The Balaban J connectivity index is 3.05. The van der Waals surface area contributed by atoms with E-state index in [0.29, 0.717) is 17.0 Å². The average molecular weight is 156 g/mol. The van der Waals surface area contributed by atoms with Crippen LogP contribution in [0.2, 0.25) is 0 Å². The molecule has 0 atom stereocenters. The number of rotatable bonds is 0. The van der Waals surface area contributed by atoms with Gasteiger partial charge >= 0.3 is 73.0 Å².